The van der Waals surface area contributed by atoms with Crippen LogP contribution in [0, 0.1) is 0 Å². The van der Waals surface area contributed by atoms with Gasteiger partial charge in [-0.1, -0.05) is 18.2 Å². The highest BCUT2D eigenvalue weighted by molar-refractivity contribution is 5.80. The quantitative estimate of drug-likeness (QED) is 0.732. The predicted octanol–water partition coefficient (Wildman–Crippen LogP) is 0.865. The zero-order valence-corrected chi connectivity index (χ0v) is 12.7. The van der Waals surface area contributed by atoms with Crippen LogP contribution in [0.5, 0.6) is 5.75 Å². The maximum absolute atomic E-state index is 11.9. The molecule has 21 heavy (non-hydrogen) atoms. The summed E-state index contributed by atoms with van der Waals surface area (Å²) in [6, 6.07) is 9.43. The maximum atomic E-state index is 11.9. The minimum absolute atomic E-state index is 0.0563. The molecule has 0 bridgehead atoms. The lowest BCUT2D eigenvalue weighted by Crippen LogP contribution is -2.44. The van der Waals surface area contributed by atoms with E-state index in [0.29, 0.717) is 6.54 Å². The fourth-order valence-electron chi connectivity index (χ4n) is 2.35. The number of nitrogens with one attached hydrogen (secondary N) is 2. The second kappa shape index (κ2) is 8.64. The van der Waals surface area contributed by atoms with Gasteiger partial charge in [0.1, 0.15) is 5.75 Å². The van der Waals surface area contributed by atoms with Crippen LogP contribution in [0.3, 0.4) is 0 Å². The molecule has 1 amide bonds. The van der Waals surface area contributed by atoms with Crippen molar-refractivity contribution in [1.82, 2.24) is 15.5 Å². The summed E-state index contributed by atoms with van der Waals surface area (Å²) >= 11 is 0. The smallest absolute Gasteiger partial charge is 0.260 e. The van der Waals surface area contributed by atoms with Crippen molar-refractivity contribution in [3.05, 3.63) is 30.3 Å². The van der Waals surface area contributed by atoms with Crippen molar-refractivity contribution >= 4 is 5.91 Å². The molecule has 1 aromatic carbocycles. The molecule has 1 unspecified atom stereocenters. The molecule has 0 radical (unpaired) electrons. The van der Waals surface area contributed by atoms with E-state index in [9.17, 15) is 4.79 Å². The third-order valence-electron chi connectivity index (χ3n) is 3.59. The number of para-hydroxylation sites is 1. The summed E-state index contributed by atoms with van der Waals surface area (Å²) in [6.45, 7) is 7.84. The summed E-state index contributed by atoms with van der Waals surface area (Å²) in [7, 11) is 0. The van der Waals surface area contributed by atoms with Gasteiger partial charge in [0, 0.05) is 32.7 Å². The SMILES string of the molecule is CC(Oc1ccccc1)C(=O)NCCCN1CCNCC1. The average Bonchev–Trinajstić information content (AvgIpc) is 2.53. The molecule has 5 nitrogen and oxygen atoms in total. The topological polar surface area (TPSA) is 53.6 Å². The zero-order valence-electron chi connectivity index (χ0n) is 12.7. The van der Waals surface area contributed by atoms with Crippen LogP contribution in [0.1, 0.15) is 13.3 Å². The number of ether oxygens (including phenoxy) is 1. The summed E-state index contributed by atoms with van der Waals surface area (Å²) in [5.41, 5.74) is 0. The summed E-state index contributed by atoms with van der Waals surface area (Å²) in [5.74, 6) is 0.667. The van der Waals surface area contributed by atoms with Gasteiger partial charge >= 0.3 is 0 Å². The van der Waals surface area contributed by atoms with Gasteiger partial charge in [0.15, 0.2) is 6.10 Å². The minimum atomic E-state index is -0.466. The number of amides is 1. The van der Waals surface area contributed by atoms with E-state index in [4.69, 9.17) is 4.74 Å². The Labute approximate surface area is 126 Å². The number of carbonyl (C=O) groups excluding carboxylic acids is 1. The molecule has 2 rings (SSSR count). The van der Waals surface area contributed by atoms with Crippen molar-refractivity contribution in [1.29, 1.82) is 0 Å². The molecule has 0 aliphatic carbocycles. The van der Waals surface area contributed by atoms with Crippen LogP contribution in [-0.4, -0.2) is 56.2 Å². The average molecular weight is 291 g/mol. The van der Waals surface area contributed by atoms with Gasteiger partial charge in [-0.2, -0.15) is 0 Å². The van der Waals surface area contributed by atoms with Crippen LogP contribution in [0.4, 0.5) is 0 Å². The Bertz CT molecular complexity index is 419. The third kappa shape index (κ3) is 5.73. The van der Waals surface area contributed by atoms with Gasteiger partial charge in [-0.3, -0.25) is 4.79 Å². The predicted molar refractivity (Wildman–Crippen MR) is 83.5 cm³/mol. The molecule has 0 saturated carbocycles. The van der Waals surface area contributed by atoms with Crippen LogP contribution in [0.15, 0.2) is 30.3 Å². The second-order valence-electron chi connectivity index (χ2n) is 5.31. The van der Waals surface area contributed by atoms with E-state index in [2.05, 4.69) is 15.5 Å². The standard InChI is InChI=1S/C16H25N3O2/c1-14(21-15-6-3-2-4-7-15)16(20)18-8-5-11-19-12-9-17-10-13-19/h2-4,6-7,14,17H,5,8-13H2,1H3,(H,18,20). The van der Waals surface area contributed by atoms with Crippen LogP contribution < -0.4 is 15.4 Å². The Kier molecular flexibility index (Phi) is 6.50. The molecule has 1 aliphatic rings. The first-order valence-corrected chi connectivity index (χ1v) is 7.68. The zero-order chi connectivity index (χ0) is 14.9. The molecule has 1 heterocycles. The van der Waals surface area contributed by atoms with Crippen molar-refractivity contribution in [3.8, 4) is 5.75 Å². The molecule has 1 atom stereocenters. The highest BCUT2D eigenvalue weighted by atomic mass is 16.5. The normalized spacial score (nSPS) is 17.2. The third-order valence-corrected chi connectivity index (χ3v) is 3.59. The van der Waals surface area contributed by atoms with Crippen LogP contribution in [-0.2, 0) is 4.79 Å². The molecule has 116 valence electrons. The van der Waals surface area contributed by atoms with Gasteiger partial charge in [0.25, 0.3) is 5.91 Å². The van der Waals surface area contributed by atoms with E-state index >= 15 is 0 Å². The first-order valence-electron chi connectivity index (χ1n) is 7.68. The number of carbonyl (C=O) groups is 1. The lowest BCUT2D eigenvalue weighted by molar-refractivity contribution is -0.127. The van der Waals surface area contributed by atoms with Gasteiger partial charge in [-0.15, -0.1) is 0 Å². The van der Waals surface area contributed by atoms with E-state index < -0.39 is 6.10 Å². The molecule has 0 spiro atoms. The summed E-state index contributed by atoms with van der Waals surface area (Å²) in [4.78, 5) is 14.4. The highest BCUT2D eigenvalue weighted by Crippen LogP contribution is 2.10. The van der Waals surface area contributed by atoms with Gasteiger partial charge < -0.3 is 20.3 Å². The fourth-order valence-corrected chi connectivity index (χ4v) is 2.35. The van der Waals surface area contributed by atoms with E-state index in [1.807, 2.05) is 30.3 Å². The molecule has 1 saturated heterocycles. The molecule has 1 aromatic rings. The Morgan fingerprint density at radius 3 is 2.76 bits per heavy atom. The van der Waals surface area contributed by atoms with Crippen LogP contribution >= 0.6 is 0 Å². The first kappa shape index (κ1) is 15.8. The first-order chi connectivity index (χ1) is 10.3. The highest BCUT2D eigenvalue weighted by Gasteiger charge is 2.14. The lowest BCUT2D eigenvalue weighted by Gasteiger charge is -2.27. The molecule has 2 N–H and O–H groups in total. The van der Waals surface area contributed by atoms with Crippen molar-refractivity contribution in [2.75, 3.05) is 39.3 Å². The Morgan fingerprint density at radius 1 is 1.33 bits per heavy atom. The Balaban J connectivity index is 1.60. The molecule has 1 aliphatic heterocycles. The maximum Gasteiger partial charge on any atom is 0.260 e. The van der Waals surface area contributed by atoms with Crippen LogP contribution in [0.25, 0.3) is 0 Å². The number of piperazine rings is 1. The van der Waals surface area contributed by atoms with Gasteiger partial charge in [0.05, 0.1) is 0 Å². The molecule has 1 fully saturated rings. The summed E-state index contributed by atoms with van der Waals surface area (Å²) in [6.07, 6.45) is 0.510. The number of benzene rings is 1. The number of hydrogen-bond donors (Lipinski definition) is 2. The van der Waals surface area contributed by atoms with Crippen molar-refractivity contribution < 1.29 is 9.53 Å². The minimum Gasteiger partial charge on any atom is -0.481 e. The number of nitrogens with zero attached hydrogens (tertiary/aromatic N) is 1. The lowest BCUT2D eigenvalue weighted by atomic mass is 10.3. The largest absolute Gasteiger partial charge is 0.481 e. The van der Waals surface area contributed by atoms with E-state index in [1.54, 1.807) is 6.92 Å². The Hall–Kier alpha value is -1.59. The van der Waals surface area contributed by atoms with E-state index in [0.717, 1.165) is 44.9 Å². The van der Waals surface area contributed by atoms with Gasteiger partial charge in [-0.25, -0.2) is 0 Å². The number of rotatable bonds is 7. The van der Waals surface area contributed by atoms with Crippen molar-refractivity contribution in [2.24, 2.45) is 0 Å². The van der Waals surface area contributed by atoms with Gasteiger partial charge in [0.2, 0.25) is 0 Å². The summed E-state index contributed by atoms with van der Waals surface area (Å²) < 4.78 is 5.59. The van der Waals surface area contributed by atoms with Gasteiger partial charge in [-0.05, 0) is 32.0 Å². The monoisotopic (exact) mass is 291 g/mol. The second-order valence-corrected chi connectivity index (χ2v) is 5.31. The van der Waals surface area contributed by atoms with Crippen molar-refractivity contribution in [2.45, 2.75) is 19.4 Å². The van der Waals surface area contributed by atoms with E-state index in [1.165, 1.54) is 0 Å². The van der Waals surface area contributed by atoms with Crippen LogP contribution in [0.2, 0.25) is 0 Å². The van der Waals surface area contributed by atoms with E-state index in [-0.39, 0.29) is 5.91 Å². The Morgan fingerprint density at radius 2 is 2.05 bits per heavy atom. The molecular weight excluding hydrogens is 266 g/mol. The molecule has 5 heteroatoms. The molecular formula is C16H25N3O2. The number of hydrogen-bond acceptors (Lipinski definition) is 4. The summed E-state index contributed by atoms with van der Waals surface area (Å²) in [5, 5.41) is 6.27. The fraction of sp³-hybridized carbons (Fsp3) is 0.562. The van der Waals surface area contributed by atoms with Crippen molar-refractivity contribution in [3.63, 3.8) is 0 Å². The molecule has 0 aromatic heterocycles.